The van der Waals surface area contributed by atoms with E-state index < -0.39 is 0 Å². The van der Waals surface area contributed by atoms with E-state index in [-0.39, 0.29) is 0 Å². The zero-order valence-electron chi connectivity index (χ0n) is 12.3. The summed E-state index contributed by atoms with van der Waals surface area (Å²) in [6.45, 7) is 7.36. The molecule has 1 aliphatic carbocycles. The van der Waals surface area contributed by atoms with Crippen molar-refractivity contribution in [2.24, 2.45) is 17.6 Å². The molecule has 0 aromatic carbocycles. The lowest BCUT2D eigenvalue weighted by molar-refractivity contribution is 0.0733. The van der Waals surface area contributed by atoms with Gasteiger partial charge in [-0.2, -0.15) is 0 Å². The minimum atomic E-state index is 0.624. The van der Waals surface area contributed by atoms with Gasteiger partial charge in [0.15, 0.2) is 0 Å². The second-order valence-electron chi connectivity index (χ2n) is 5.79. The summed E-state index contributed by atoms with van der Waals surface area (Å²) in [6, 6.07) is 4.67. The number of hydrogen-bond acceptors (Lipinski definition) is 3. The highest BCUT2D eigenvalue weighted by molar-refractivity contribution is 4.99. The highest BCUT2D eigenvalue weighted by atomic mass is 16.3. The molecule has 2 rings (SSSR count). The summed E-state index contributed by atoms with van der Waals surface area (Å²) in [5, 5.41) is 0. The van der Waals surface area contributed by atoms with Crippen LogP contribution in [0, 0.1) is 11.8 Å². The van der Waals surface area contributed by atoms with Crippen LogP contribution in [0.2, 0.25) is 0 Å². The van der Waals surface area contributed by atoms with Crippen LogP contribution in [0.25, 0.3) is 0 Å². The summed E-state index contributed by atoms with van der Waals surface area (Å²) < 4.78 is 5.51. The molecule has 108 valence electrons. The molecule has 1 aromatic rings. The summed E-state index contributed by atoms with van der Waals surface area (Å²) in [4.78, 5) is 2.55. The van der Waals surface area contributed by atoms with Crippen molar-refractivity contribution >= 4 is 0 Å². The Labute approximate surface area is 117 Å². The van der Waals surface area contributed by atoms with Gasteiger partial charge >= 0.3 is 0 Å². The van der Waals surface area contributed by atoms with Crippen LogP contribution in [0.1, 0.15) is 45.3 Å². The van der Waals surface area contributed by atoms with Gasteiger partial charge in [0.1, 0.15) is 5.76 Å². The molecule has 3 atom stereocenters. The van der Waals surface area contributed by atoms with Crippen LogP contribution in [-0.2, 0) is 6.54 Å². The van der Waals surface area contributed by atoms with Crippen molar-refractivity contribution in [1.82, 2.24) is 4.90 Å². The van der Waals surface area contributed by atoms with E-state index in [1.54, 1.807) is 6.26 Å². The maximum Gasteiger partial charge on any atom is 0.117 e. The van der Waals surface area contributed by atoms with Gasteiger partial charge in [-0.1, -0.05) is 26.7 Å². The van der Waals surface area contributed by atoms with Gasteiger partial charge in [-0.3, -0.25) is 4.90 Å². The standard InChI is InChI=1S/C16H28N2O/c1-3-13-7-8-14(11-17)16(10-13)18(4-2)12-15-6-5-9-19-15/h5-6,9,13-14,16H,3-4,7-8,10-12,17H2,1-2H3. The van der Waals surface area contributed by atoms with Gasteiger partial charge in [0, 0.05) is 6.04 Å². The highest BCUT2D eigenvalue weighted by Gasteiger charge is 2.32. The van der Waals surface area contributed by atoms with Gasteiger partial charge in [0.25, 0.3) is 0 Å². The van der Waals surface area contributed by atoms with Gasteiger partial charge in [-0.25, -0.2) is 0 Å². The Kier molecular flexibility index (Phi) is 5.46. The third kappa shape index (κ3) is 3.61. The van der Waals surface area contributed by atoms with E-state index in [0.29, 0.717) is 12.0 Å². The Hall–Kier alpha value is -0.800. The average molecular weight is 264 g/mol. The molecule has 0 aliphatic heterocycles. The molecule has 0 radical (unpaired) electrons. The largest absolute Gasteiger partial charge is 0.468 e. The molecule has 3 nitrogen and oxygen atoms in total. The van der Waals surface area contributed by atoms with Crippen LogP contribution in [0.5, 0.6) is 0 Å². The van der Waals surface area contributed by atoms with Crippen LogP contribution in [0.3, 0.4) is 0 Å². The maximum atomic E-state index is 6.00. The smallest absolute Gasteiger partial charge is 0.117 e. The van der Waals surface area contributed by atoms with Crippen molar-refractivity contribution in [2.75, 3.05) is 13.1 Å². The number of furan rings is 1. The third-order valence-corrected chi connectivity index (χ3v) is 4.76. The Bertz CT molecular complexity index is 350. The highest BCUT2D eigenvalue weighted by Crippen LogP contribution is 2.34. The fraction of sp³-hybridized carbons (Fsp3) is 0.750. The molecule has 0 bridgehead atoms. The predicted molar refractivity (Wildman–Crippen MR) is 78.8 cm³/mol. The fourth-order valence-electron chi connectivity index (χ4n) is 3.45. The van der Waals surface area contributed by atoms with Crippen molar-refractivity contribution in [3.05, 3.63) is 24.2 Å². The Morgan fingerprint density at radius 2 is 2.21 bits per heavy atom. The number of hydrogen-bond donors (Lipinski definition) is 1. The third-order valence-electron chi connectivity index (χ3n) is 4.76. The average Bonchev–Trinajstić information content (AvgIpc) is 2.97. The topological polar surface area (TPSA) is 42.4 Å². The molecule has 1 heterocycles. The van der Waals surface area contributed by atoms with Crippen LogP contribution in [0.4, 0.5) is 0 Å². The van der Waals surface area contributed by atoms with E-state index in [4.69, 9.17) is 10.2 Å². The molecule has 1 saturated carbocycles. The first kappa shape index (κ1) is 14.6. The van der Waals surface area contributed by atoms with Crippen molar-refractivity contribution in [2.45, 2.75) is 52.1 Å². The minimum absolute atomic E-state index is 0.624. The second kappa shape index (κ2) is 7.11. The first-order valence-corrected chi connectivity index (χ1v) is 7.74. The molecule has 1 aliphatic rings. The minimum Gasteiger partial charge on any atom is -0.468 e. The first-order valence-electron chi connectivity index (χ1n) is 7.74. The zero-order valence-corrected chi connectivity index (χ0v) is 12.3. The van der Waals surface area contributed by atoms with Crippen molar-refractivity contribution < 1.29 is 4.42 Å². The number of nitrogens with two attached hydrogens (primary N) is 1. The molecule has 3 heteroatoms. The second-order valence-corrected chi connectivity index (χ2v) is 5.79. The quantitative estimate of drug-likeness (QED) is 0.857. The van der Waals surface area contributed by atoms with Crippen molar-refractivity contribution in [3.8, 4) is 0 Å². The molecule has 0 amide bonds. The maximum absolute atomic E-state index is 6.00. The number of nitrogens with zero attached hydrogens (tertiary/aromatic N) is 1. The van der Waals surface area contributed by atoms with E-state index in [2.05, 4.69) is 24.8 Å². The van der Waals surface area contributed by atoms with Crippen LogP contribution in [0.15, 0.2) is 22.8 Å². The van der Waals surface area contributed by atoms with Crippen molar-refractivity contribution in [3.63, 3.8) is 0 Å². The van der Waals surface area contributed by atoms with Gasteiger partial charge in [-0.15, -0.1) is 0 Å². The molecule has 0 saturated heterocycles. The van der Waals surface area contributed by atoms with E-state index >= 15 is 0 Å². The lowest BCUT2D eigenvalue weighted by atomic mass is 9.76. The van der Waals surface area contributed by atoms with Crippen LogP contribution >= 0.6 is 0 Å². The van der Waals surface area contributed by atoms with E-state index in [1.165, 1.54) is 25.7 Å². The Morgan fingerprint density at radius 1 is 1.37 bits per heavy atom. The molecule has 1 aromatic heterocycles. The van der Waals surface area contributed by atoms with Gasteiger partial charge in [-0.05, 0) is 49.9 Å². The van der Waals surface area contributed by atoms with Crippen LogP contribution < -0.4 is 5.73 Å². The zero-order chi connectivity index (χ0) is 13.7. The molecule has 2 N–H and O–H groups in total. The lowest BCUT2D eigenvalue weighted by Crippen LogP contribution is -2.46. The van der Waals surface area contributed by atoms with Gasteiger partial charge < -0.3 is 10.2 Å². The molecular weight excluding hydrogens is 236 g/mol. The summed E-state index contributed by atoms with van der Waals surface area (Å²) in [6.07, 6.45) is 7.00. The summed E-state index contributed by atoms with van der Waals surface area (Å²) in [5.74, 6) is 2.59. The normalized spacial score (nSPS) is 27.9. The summed E-state index contributed by atoms with van der Waals surface area (Å²) in [7, 11) is 0. The molecule has 3 unspecified atom stereocenters. The molecule has 1 fully saturated rings. The van der Waals surface area contributed by atoms with Crippen molar-refractivity contribution in [1.29, 1.82) is 0 Å². The lowest BCUT2D eigenvalue weighted by Gasteiger charge is -2.41. The van der Waals surface area contributed by atoms with Gasteiger partial charge in [0.05, 0.1) is 12.8 Å². The van der Waals surface area contributed by atoms with Gasteiger partial charge in [0.2, 0.25) is 0 Å². The SMILES string of the molecule is CCC1CCC(CN)C(N(CC)Cc2ccco2)C1. The fourth-order valence-corrected chi connectivity index (χ4v) is 3.45. The monoisotopic (exact) mass is 264 g/mol. The Morgan fingerprint density at radius 3 is 2.79 bits per heavy atom. The van der Waals surface area contributed by atoms with E-state index in [9.17, 15) is 0 Å². The molecule has 0 spiro atoms. The first-order chi connectivity index (χ1) is 9.28. The molecular formula is C16H28N2O. The van der Waals surface area contributed by atoms with Crippen LogP contribution in [-0.4, -0.2) is 24.0 Å². The summed E-state index contributed by atoms with van der Waals surface area (Å²) in [5.41, 5.74) is 6.00. The van der Waals surface area contributed by atoms with E-state index in [0.717, 1.165) is 31.3 Å². The summed E-state index contributed by atoms with van der Waals surface area (Å²) >= 11 is 0. The van der Waals surface area contributed by atoms with E-state index in [1.807, 2.05) is 6.07 Å². The number of rotatable bonds is 6. The predicted octanol–water partition coefficient (Wildman–Crippen LogP) is 3.26. The Balaban J connectivity index is 2.04. The molecule has 19 heavy (non-hydrogen) atoms.